The molecule has 3 nitrogen and oxygen atoms in total. The second kappa shape index (κ2) is 5.36. The molecular formula is C13H11F2NO2S. The molecule has 19 heavy (non-hydrogen) atoms. The molecule has 0 saturated heterocycles. The number of carboxylic acid groups (broad SMARTS) is 1. The largest absolute Gasteiger partial charge is 0.478 e. The summed E-state index contributed by atoms with van der Waals surface area (Å²) in [7, 11) is 1.56. The Hall–Kier alpha value is -1.95. The zero-order valence-corrected chi connectivity index (χ0v) is 10.9. The number of nitrogens with zero attached hydrogens (tertiary/aromatic N) is 1. The van der Waals surface area contributed by atoms with E-state index in [2.05, 4.69) is 0 Å². The number of thiophene rings is 1. The molecule has 0 spiro atoms. The average Bonchev–Trinajstić information content (AvgIpc) is 2.80. The van der Waals surface area contributed by atoms with E-state index in [9.17, 15) is 13.6 Å². The predicted molar refractivity (Wildman–Crippen MR) is 69.7 cm³/mol. The standard InChI is InChI=1S/C13H11F2NO2S/c1-16(6-8-2-3-19-7-8)12-10(14)4-9(13(17)18)5-11(12)15/h2-5,7H,6H2,1H3,(H,17,18). The van der Waals surface area contributed by atoms with Crippen LogP contribution in [-0.2, 0) is 6.54 Å². The molecule has 0 aliphatic rings. The summed E-state index contributed by atoms with van der Waals surface area (Å²) in [5.74, 6) is -3.12. The van der Waals surface area contributed by atoms with E-state index in [4.69, 9.17) is 5.11 Å². The molecule has 6 heteroatoms. The number of hydrogen-bond acceptors (Lipinski definition) is 3. The zero-order valence-electron chi connectivity index (χ0n) is 10.1. The maximum Gasteiger partial charge on any atom is 0.335 e. The quantitative estimate of drug-likeness (QED) is 0.935. The van der Waals surface area contributed by atoms with Crippen molar-refractivity contribution in [3.8, 4) is 0 Å². The van der Waals surface area contributed by atoms with Gasteiger partial charge < -0.3 is 10.0 Å². The van der Waals surface area contributed by atoms with Crippen molar-refractivity contribution < 1.29 is 18.7 Å². The summed E-state index contributed by atoms with van der Waals surface area (Å²) in [4.78, 5) is 12.1. The minimum absolute atomic E-state index is 0.226. The lowest BCUT2D eigenvalue weighted by molar-refractivity contribution is 0.0695. The van der Waals surface area contributed by atoms with Gasteiger partial charge in [0.2, 0.25) is 0 Å². The van der Waals surface area contributed by atoms with Crippen LogP contribution < -0.4 is 4.90 Å². The Bertz CT molecular complexity index is 576. The van der Waals surface area contributed by atoms with Crippen LogP contribution >= 0.6 is 11.3 Å². The summed E-state index contributed by atoms with van der Waals surface area (Å²) in [5, 5.41) is 12.5. The molecule has 1 aromatic carbocycles. The molecule has 100 valence electrons. The Morgan fingerprint density at radius 1 is 1.37 bits per heavy atom. The Labute approximate surface area is 112 Å². The topological polar surface area (TPSA) is 40.5 Å². The van der Waals surface area contributed by atoms with E-state index in [0.717, 1.165) is 17.7 Å². The molecule has 0 radical (unpaired) electrons. The van der Waals surface area contributed by atoms with Gasteiger partial charge in [-0.3, -0.25) is 0 Å². The van der Waals surface area contributed by atoms with E-state index in [0.29, 0.717) is 6.54 Å². The van der Waals surface area contributed by atoms with Crippen molar-refractivity contribution >= 4 is 23.0 Å². The van der Waals surface area contributed by atoms with E-state index >= 15 is 0 Å². The summed E-state index contributed by atoms with van der Waals surface area (Å²) >= 11 is 1.50. The van der Waals surface area contributed by atoms with Crippen LogP contribution in [0.5, 0.6) is 0 Å². The SMILES string of the molecule is CN(Cc1ccsc1)c1c(F)cc(C(=O)O)cc1F. The molecule has 0 atom stereocenters. The highest BCUT2D eigenvalue weighted by Crippen LogP contribution is 2.25. The minimum atomic E-state index is -1.36. The number of anilines is 1. The van der Waals surface area contributed by atoms with Crippen molar-refractivity contribution in [3.05, 3.63) is 51.7 Å². The van der Waals surface area contributed by atoms with Crippen LogP contribution in [0, 0.1) is 11.6 Å². The van der Waals surface area contributed by atoms with Crippen LogP contribution in [-0.4, -0.2) is 18.1 Å². The first kappa shape index (κ1) is 13.5. The highest BCUT2D eigenvalue weighted by molar-refractivity contribution is 7.07. The molecule has 0 aliphatic heterocycles. The van der Waals surface area contributed by atoms with Crippen LogP contribution in [0.3, 0.4) is 0 Å². The Morgan fingerprint density at radius 3 is 2.47 bits per heavy atom. The van der Waals surface area contributed by atoms with Gasteiger partial charge in [0.25, 0.3) is 0 Å². The smallest absolute Gasteiger partial charge is 0.335 e. The molecule has 2 aromatic rings. The minimum Gasteiger partial charge on any atom is -0.478 e. The van der Waals surface area contributed by atoms with E-state index in [1.54, 1.807) is 7.05 Å². The first-order valence-corrected chi connectivity index (χ1v) is 6.38. The van der Waals surface area contributed by atoms with E-state index in [1.807, 2.05) is 16.8 Å². The van der Waals surface area contributed by atoms with Crippen molar-refractivity contribution in [3.63, 3.8) is 0 Å². The number of halogens is 2. The molecule has 0 amide bonds. The van der Waals surface area contributed by atoms with Crippen LogP contribution in [0.15, 0.2) is 29.0 Å². The van der Waals surface area contributed by atoms with Crippen LogP contribution in [0.4, 0.5) is 14.5 Å². The molecule has 0 aliphatic carbocycles. The van der Waals surface area contributed by atoms with Gasteiger partial charge in [-0.1, -0.05) is 0 Å². The second-order valence-electron chi connectivity index (χ2n) is 4.08. The molecule has 1 heterocycles. The van der Waals surface area contributed by atoms with Gasteiger partial charge in [0.1, 0.15) is 17.3 Å². The van der Waals surface area contributed by atoms with Crippen molar-refractivity contribution in [2.24, 2.45) is 0 Å². The maximum absolute atomic E-state index is 13.8. The first-order chi connectivity index (χ1) is 8.99. The zero-order chi connectivity index (χ0) is 14.0. The Morgan fingerprint density at radius 2 is 2.00 bits per heavy atom. The van der Waals surface area contributed by atoms with Crippen LogP contribution in [0.25, 0.3) is 0 Å². The summed E-state index contributed by atoms with van der Waals surface area (Å²) in [5.41, 5.74) is 0.312. The monoisotopic (exact) mass is 283 g/mol. The van der Waals surface area contributed by atoms with E-state index < -0.39 is 23.2 Å². The van der Waals surface area contributed by atoms with E-state index in [-0.39, 0.29) is 5.69 Å². The van der Waals surface area contributed by atoms with Gasteiger partial charge in [0.15, 0.2) is 0 Å². The Balaban J connectivity index is 2.31. The Kier molecular flexibility index (Phi) is 3.80. The van der Waals surface area contributed by atoms with Gasteiger partial charge >= 0.3 is 5.97 Å². The summed E-state index contributed by atoms with van der Waals surface area (Å²) < 4.78 is 27.6. The van der Waals surface area contributed by atoms with E-state index in [1.165, 1.54) is 16.2 Å². The highest BCUT2D eigenvalue weighted by Gasteiger charge is 2.18. The van der Waals surface area contributed by atoms with Crippen molar-refractivity contribution in [2.45, 2.75) is 6.54 Å². The lowest BCUT2D eigenvalue weighted by Crippen LogP contribution is -2.19. The number of benzene rings is 1. The normalized spacial score (nSPS) is 10.5. The maximum atomic E-state index is 13.8. The third kappa shape index (κ3) is 2.90. The molecule has 0 fully saturated rings. The number of aromatic carboxylic acids is 1. The molecule has 1 N–H and O–H groups in total. The fourth-order valence-electron chi connectivity index (χ4n) is 1.79. The lowest BCUT2D eigenvalue weighted by Gasteiger charge is -2.20. The first-order valence-electron chi connectivity index (χ1n) is 5.43. The van der Waals surface area contributed by atoms with Crippen LogP contribution in [0.1, 0.15) is 15.9 Å². The average molecular weight is 283 g/mol. The number of rotatable bonds is 4. The molecular weight excluding hydrogens is 272 g/mol. The van der Waals surface area contributed by atoms with Gasteiger partial charge in [0.05, 0.1) is 5.56 Å². The van der Waals surface area contributed by atoms with Gasteiger partial charge in [-0.15, -0.1) is 0 Å². The summed E-state index contributed by atoms with van der Waals surface area (Å²) in [6, 6.07) is 3.51. The molecule has 1 aromatic heterocycles. The third-order valence-electron chi connectivity index (χ3n) is 2.65. The predicted octanol–water partition coefficient (Wildman–Crippen LogP) is 3.36. The summed E-state index contributed by atoms with van der Waals surface area (Å²) in [6.45, 7) is 0.351. The molecule has 2 rings (SSSR count). The van der Waals surface area contributed by atoms with Crippen LogP contribution in [0.2, 0.25) is 0 Å². The third-order valence-corrected chi connectivity index (χ3v) is 3.38. The van der Waals surface area contributed by atoms with Gasteiger partial charge in [-0.2, -0.15) is 11.3 Å². The lowest BCUT2D eigenvalue weighted by atomic mass is 10.1. The molecule has 0 unspecified atom stereocenters. The molecule has 0 bridgehead atoms. The van der Waals surface area contributed by atoms with Gasteiger partial charge in [-0.05, 0) is 34.5 Å². The van der Waals surface area contributed by atoms with Crippen molar-refractivity contribution in [1.82, 2.24) is 0 Å². The number of hydrogen-bond donors (Lipinski definition) is 1. The second-order valence-corrected chi connectivity index (χ2v) is 4.86. The fraction of sp³-hybridized carbons (Fsp3) is 0.154. The molecule has 0 saturated carbocycles. The van der Waals surface area contributed by atoms with Crippen molar-refractivity contribution in [2.75, 3.05) is 11.9 Å². The fourth-order valence-corrected chi connectivity index (χ4v) is 2.45. The van der Waals surface area contributed by atoms with Gasteiger partial charge in [0, 0.05) is 13.6 Å². The highest BCUT2D eigenvalue weighted by atomic mass is 32.1. The summed E-state index contributed by atoms with van der Waals surface area (Å²) in [6.07, 6.45) is 0. The number of carboxylic acids is 1. The number of carbonyl (C=O) groups is 1. The van der Waals surface area contributed by atoms with Gasteiger partial charge in [-0.25, -0.2) is 13.6 Å². The van der Waals surface area contributed by atoms with Crippen molar-refractivity contribution in [1.29, 1.82) is 0 Å².